The van der Waals surface area contributed by atoms with Crippen LogP contribution in [0.2, 0.25) is 5.02 Å². The highest BCUT2D eigenvalue weighted by Crippen LogP contribution is 2.43. The van der Waals surface area contributed by atoms with Crippen molar-refractivity contribution in [1.29, 1.82) is 0 Å². The van der Waals surface area contributed by atoms with Gasteiger partial charge in [-0.15, -0.1) is 0 Å². The SMILES string of the molecule is CC1(C)CCc2c(Cl)cc(O)cc21. The van der Waals surface area contributed by atoms with Crippen LogP contribution in [0.4, 0.5) is 0 Å². The third-order valence-corrected chi connectivity index (χ3v) is 3.25. The minimum Gasteiger partial charge on any atom is -0.508 e. The number of hydrogen-bond donors (Lipinski definition) is 1. The lowest BCUT2D eigenvalue weighted by molar-refractivity contribution is 0.469. The second kappa shape index (κ2) is 2.65. The number of phenolic OH excluding ortho intramolecular Hbond substituents is 1. The lowest BCUT2D eigenvalue weighted by Gasteiger charge is -2.18. The molecule has 1 aliphatic rings. The van der Waals surface area contributed by atoms with E-state index in [2.05, 4.69) is 13.8 Å². The maximum Gasteiger partial charge on any atom is 0.117 e. The molecule has 0 amide bonds. The summed E-state index contributed by atoms with van der Waals surface area (Å²) in [7, 11) is 0. The first-order chi connectivity index (χ1) is 6.00. The number of rotatable bonds is 0. The smallest absolute Gasteiger partial charge is 0.117 e. The molecule has 0 aromatic heterocycles. The molecule has 0 spiro atoms. The van der Waals surface area contributed by atoms with Crippen LogP contribution < -0.4 is 0 Å². The fraction of sp³-hybridized carbons (Fsp3) is 0.455. The highest BCUT2D eigenvalue weighted by atomic mass is 35.5. The Labute approximate surface area is 83.3 Å². The fourth-order valence-corrected chi connectivity index (χ4v) is 2.36. The van der Waals surface area contributed by atoms with Crippen molar-refractivity contribution in [3.05, 3.63) is 28.3 Å². The molecule has 13 heavy (non-hydrogen) atoms. The maximum atomic E-state index is 9.43. The molecule has 0 heterocycles. The van der Waals surface area contributed by atoms with E-state index in [0.717, 1.165) is 12.8 Å². The molecule has 0 atom stereocenters. The number of hydrogen-bond acceptors (Lipinski definition) is 1. The van der Waals surface area contributed by atoms with Crippen LogP contribution in [0.25, 0.3) is 0 Å². The van der Waals surface area contributed by atoms with E-state index in [4.69, 9.17) is 11.6 Å². The standard InChI is InChI=1S/C11H13ClO/c1-11(2)4-3-8-9(11)5-7(13)6-10(8)12/h5-6,13H,3-4H2,1-2H3. The first kappa shape index (κ1) is 8.89. The minimum absolute atomic E-state index is 0.164. The zero-order chi connectivity index (χ0) is 9.64. The topological polar surface area (TPSA) is 20.2 Å². The Bertz CT molecular complexity index is 355. The van der Waals surface area contributed by atoms with Crippen molar-refractivity contribution in [1.82, 2.24) is 0 Å². The number of halogens is 1. The van der Waals surface area contributed by atoms with Crippen LogP contribution in [0.15, 0.2) is 12.1 Å². The average molecular weight is 197 g/mol. The molecule has 0 aliphatic heterocycles. The Morgan fingerprint density at radius 2 is 2.08 bits per heavy atom. The molecule has 1 nitrogen and oxygen atoms in total. The fourth-order valence-electron chi connectivity index (χ4n) is 2.05. The highest BCUT2D eigenvalue weighted by Gasteiger charge is 2.31. The second-order valence-electron chi connectivity index (χ2n) is 4.34. The molecule has 70 valence electrons. The molecular weight excluding hydrogens is 184 g/mol. The third-order valence-electron chi connectivity index (χ3n) is 2.91. The Hall–Kier alpha value is -0.690. The van der Waals surface area contributed by atoms with Crippen molar-refractivity contribution < 1.29 is 5.11 Å². The number of fused-ring (bicyclic) bond motifs is 1. The molecule has 0 bridgehead atoms. The first-order valence-electron chi connectivity index (χ1n) is 4.52. The summed E-state index contributed by atoms with van der Waals surface area (Å²) < 4.78 is 0. The lowest BCUT2D eigenvalue weighted by Crippen LogP contribution is -2.11. The molecule has 0 saturated heterocycles. The van der Waals surface area contributed by atoms with Crippen molar-refractivity contribution >= 4 is 11.6 Å². The van der Waals surface area contributed by atoms with E-state index in [1.165, 1.54) is 11.1 Å². The minimum atomic E-state index is 0.164. The summed E-state index contributed by atoms with van der Waals surface area (Å²) in [5.74, 6) is 0.277. The molecule has 2 rings (SSSR count). The third kappa shape index (κ3) is 1.31. The highest BCUT2D eigenvalue weighted by molar-refractivity contribution is 6.31. The van der Waals surface area contributed by atoms with E-state index in [1.54, 1.807) is 6.07 Å². The molecular formula is C11H13ClO. The second-order valence-corrected chi connectivity index (χ2v) is 4.74. The van der Waals surface area contributed by atoms with Crippen LogP contribution in [-0.4, -0.2) is 5.11 Å². The van der Waals surface area contributed by atoms with E-state index in [-0.39, 0.29) is 11.2 Å². The van der Waals surface area contributed by atoms with E-state index < -0.39 is 0 Å². The van der Waals surface area contributed by atoms with E-state index in [1.807, 2.05) is 6.07 Å². The molecule has 1 aliphatic carbocycles. The molecule has 0 fully saturated rings. The molecule has 2 heteroatoms. The monoisotopic (exact) mass is 196 g/mol. The summed E-state index contributed by atoms with van der Waals surface area (Å²) in [6.45, 7) is 4.38. The molecule has 1 N–H and O–H groups in total. The summed E-state index contributed by atoms with van der Waals surface area (Å²) in [5.41, 5.74) is 2.58. The van der Waals surface area contributed by atoms with Crippen molar-refractivity contribution in [2.45, 2.75) is 32.1 Å². The zero-order valence-corrected chi connectivity index (χ0v) is 8.65. The lowest BCUT2D eigenvalue weighted by atomic mass is 9.86. The number of phenols is 1. The van der Waals surface area contributed by atoms with Gasteiger partial charge in [0.25, 0.3) is 0 Å². The first-order valence-corrected chi connectivity index (χ1v) is 4.90. The van der Waals surface area contributed by atoms with Crippen LogP contribution in [-0.2, 0) is 11.8 Å². The normalized spacial score (nSPS) is 18.7. The van der Waals surface area contributed by atoms with Gasteiger partial charge >= 0.3 is 0 Å². The van der Waals surface area contributed by atoms with Gasteiger partial charge in [0.15, 0.2) is 0 Å². The van der Waals surface area contributed by atoms with E-state index in [0.29, 0.717) is 5.02 Å². The largest absolute Gasteiger partial charge is 0.508 e. The Morgan fingerprint density at radius 3 is 2.77 bits per heavy atom. The van der Waals surface area contributed by atoms with Crippen LogP contribution >= 0.6 is 11.6 Å². The Kier molecular flexibility index (Phi) is 1.81. The molecule has 0 radical (unpaired) electrons. The summed E-state index contributed by atoms with van der Waals surface area (Å²) >= 11 is 6.04. The Balaban J connectivity index is 2.65. The molecule has 0 unspecified atom stereocenters. The zero-order valence-electron chi connectivity index (χ0n) is 7.89. The summed E-state index contributed by atoms with van der Waals surface area (Å²) in [6, 6.07) is 3.47. The predicted molar refractivity (Wildman–Crippen MR) is 54.5 cm³/mol. The predicted octanol–water partition coefficient (Wildman–Crippen LogP) is 3.27. The van der Waals surface area contributed by atoms with Crippen molar-refractivity contribution in [3.8, 4) is 5.75 Å². The van der Waals surface area contributed by atoms with Gasteiger partial charge in [-0.3, -0.25) is 0 Å². The molecule has 1 aromatic rings. The quantitative estimate of drug-likeness (QED) is 0.675. The van der Waals surface area contributed by atoms with Crippen LogP contribution in [0.1, 0.15) is 31.4 Å². The number of aromatic hydroxyl groups is 1. The molecule has 0 saturated carbocycles. The van der Waals surface area contributed by atoms with Gasteiger partial charge in [0.05, 0.1) is 0 Å². The van der Waals surface area contributed by atoms with Gasteiger partial charge in [0.1, 0.15) is 5.75 Å². The van der Waals surface area contributed by atoms with Crippen molar-refractivity contribution in [2.24, 2.45) is 0 Å². The van der Waals surface area contributed by atoms with Gasteiger partial charge in [-0.1, -0.05) is 25.4 Å². The van der Waals surface area contributed by atoms with Crippen molar-refractivity contribution in [3.63, 3.8) is 0 Å². The summed E-state index contributed by atoms with van der Waals surface area (Å²) in [6.07, 6.45) is 2.15. The summed E-state index contributed by atoms with van der Waals surface area (Å²) in [4.78, 5) is 0. The molecule has 1 aromatic carbocycles. The number of benzene rings is 1. The van der Waals surface area contributed by atoms with E-state index in [9.17, 15) is 5.11 Å². The van der Waals surface area contributed by atoms with Gasteiger partial charge in [-0.25, -0.2) is 0 Å². The Morgan fingerprint density at radius 1 is 1.38 bits per heavy atom. The maximum absolute atomic E-state index is 9.43. The van der Waals surface area contributed by atoms with E-state index >= 15 is 0 Å². The van der Waals surface area contributed by atoms with Gasteiger partial charge in [0, 0.05) is 5.02 Å². The van der Waals surface area contributed by atoms with Crippen molar-refractivity contribution in [2.75, 3.05) is 0 Å². The summed E-state index contributed by atoms with van der Waals surface area (Å²) in [5, 5.41) is 10.1. The van der Waals surface area contributed by atoms with Gasteiger partial charge in [-0.2, -0.15) is 0 Å². The average Bonchev–Trinajstić information content (AvgIpc) is 2.28. The van der Waals surface area contributed by atoms with Crippen LogP contribution in [0, 0.1) is 0 Å². The van der Waals surface area contributed by atoms with Gasteiger partial charge in [0.2, 0.25) is 0 Å². The van der Waals surface area contributed by atoms with Gasteiger partial charge in [-0.05, 0) is 41.5 Å². The van der Waals surface area contributed by atoms with Crippen LogP contribution in [0.3, 0.4) is 0 Å². The van der Waals surface area contributed by atoms with Crippen LogP contribution in [0.5, 0.6) is 5.75 Å². The van der Waals surface area contributed by atoms with Gasteiger partial charge < -0.3 is 5.11 Å².